The Balaban J connectivity index is 2.49. The molecule has 0 saturated heterocycles. The van der Waals surface area contributed by atoms with Crippen molar-refractivity contribution in [1.82, 2.24) is 9.80 Å². The molecular formula is C13H28N4. The Morgan fingerprint density at radius 3 is 2.35 bits per heavy atom. The van der Waals surface area contributed by atoms with E-state index in [0.29, 0.717) is 17.3 Å². The van der Waals surface area contributed by atoms with Crippen molar-refractivity contribution >= 4 is 5.84 Å². The molecule has 1 rings (SSSR count). The minimum atomic E-state index is 0.322. The zero-order valence-electron chi connectivity index (χ0n) is 11.8. The first-order chi connectivity index (χ1) is 7.88. The van der Waals surface area contributed by atoms with Gasteiger partial charge in [-0.3, -0.25) is 10.3 Å². The molecule has 0 bridgehead atoms. The molecule has 1 saturated carbocycles. The van der Waals surface area contributed by atoms with E-state index in [2.05, 4.69) is 37.7 Å². The van der Waals surface area contributed by atoms with Crippen molar-refractivity contribution in [3.63, 3.8) is 0 Å². The summed E-state index contributed by atoms with van der Waals surface area (Å²) in [4.78, 5) is 4.76. The van der Waals surface area contributed by atoms with Crippen molar-refractivity contribution in [2.45, 2.75) is 39.2 Å². The maximum atomic E-state index is 7.46. The van der Waals surface area contributed by atoms with Crippen LogP contribution in [0, 0.1) is 10.8 Å². The van der Waals surface area contributed by atoms with Crippen LogP contribution in [0.1, 0.15) is 33.1 Å². The first-order valence-corrected chi connectivity index (χ1v) is 6.60. The number of likely N-dealkylation sites (N-methyl/N-ethyl adjacent to an activating group) is 2. The third-order valence-electron chi connectivity index (χ3n) is 3.72. The summed E-state index contributed by atoms with van der Waals surface area (Å²) in [5.74, 6) is 0.346. The highest BCUT2D eigenvalue weighted by atomic mass is 15.2. The van der Waals surface area contributed by atoms with Crippen LogP contribution in [0.3, 0.4) is 0 Å². The van der Waals surface area contributed by atoms with Crippen molar-refractivity contribution in [1.29, 1.82) is 5.41 Å². The summed E-state index contributed by atoms with van der Waals surface area (Å²) in [5.41, 5.74) is 5.87. The molecule has 0 aromatic rings. The quantitative estimate of drug-likeness (QED) is 0.497. The van der Waals surface area contributed by atoms with Crippen LogP contribution in [0.2, 0.25) is 0 Å². The van der Waals surface area contributed by atoms with Crippen molar-refractivity contribution in [2.24, 2.45) is 11.1 Å². The number of hydrogen-bond acceptors (Lipinski definition) is 3. The van der Waals surface area contributed by atoms with Crippen LogP contribution in [0.15, 0.2) is 0 Å². The maximum Gasteiger partial charge on any atom is 0.0911 e. The predicted molar refractivity (Wildman–Crippen MR) is 73.5 cm³/mol. The SMILES string of the molecule is CCN(CC1(CC(=N)N)CC1)C(C)CN(C)C. The minimum Gasteiger partial charge on any atom is -0.388 e. The van der Waals surface area contributed by atoms with E-state index in [4.69, 9.17) is 11.1 Å². The number of nitrogens with zero attached hydrogens (tertiary/aromatic N) is 2. The van der Waals surface area contributed by atoms with Crippen molar-refractivity contribution in [3.8, 4) is 0 Å². The smallest absolute Gasteiger partial charge is 0.0911 e. The highest BCUT2D eigenvalue weighted by Gasteiger charge is 2.44. The van der Waals surface area contributed by atoms with Gasteiger partial charge in [-0.15, -0.1) is 0 Å². The molecule has 0 aromatic heterocycles. The van der Waals surface area contributed by atoms with Gasteiger partial charge in [0.2, 0.25) is 0 Å². The molecule has 4 heteroatoms. The first-order valence-electron chi connectivity index (χ1n) is 6.60. The summed E-state index contributed by atoms with van der Waals surface area (Å²) in [7, 11) is 4.24. The summed E-state index contributed by atoms with van der Waals surface area (Å²) in [6, 6.07) is 0.569. The number of nitrogens with two attached hydrogens (primary N) is 1. The van der Waals surface area contributed by atoms with E-state index in [1.165, 1.54) is 12.8 Å². The average molecular weight is 240 g/mol. The lowest BCUT2D eigenvalue weighted by Gasteiger charge is -2.33. The normalized spacial score (nSPS) is 19.6. The van der Waals surface area contributed by atoms with Crippen LogP contribution >= 0.6 is 0 Å². The van der Waals surface area contributed by atoms with Gasteiger partial charge in [-0.05, 0) is 45.8 Å². The molecule has 100 valence electrons. The molecule has 0 aliphatic heterocycles. The zero-order valence-corrected chi connectivity index (χ0v) is 11.8. The fraction of sp³-hybridized carbons (Fsp3) is 0.923. The molecule has 0 aromatic carbocycles. The lowest BCUT2D eigenvalue weighted by atomic mass is 10.00. The number of nitrogens with one attached hydrogen (secondary N) is 1. The van der Waals surface area contributed by atoms with E-state index >= 15 is 0 Å². The van der Waals surface area contributed by atoms with Gasteiger partial charge in [0, 0.05) is 25.6 Å². The standard InChI is InChI=1S/C13H28N4/c1-5-17(11(2)9-16(3)4)10-13(6-7-13)8-12(14)15/h11H,5-10H2,1-4H3,(H3,14,15). The fourth-order valence-corrected chi connectivity index (χ4v) is 2.63. The van der Waals surface area contributed by atoms with Crippen molar-refractivity contribution in [2.75, 3.05) is 33.7 Å². The van der Waals surface area contributed by atoms with Crippen LogP contribution in [-0.2, 0) is 0 Å². The molecule has 17 heavy (non-hydrogen) atoms. The third kappa shape index (κ3) is 4.64. The molecule has 4 nitrogen and oxygen atoms in total. The van der Waals surface area contributed by atoms with Gasteiger partial charge in [-0.2, -0.15) is 0 Å². The van der Waals surface area contributed by atoms with E-state index < -0.39 is 0 Å². The Hall–Kier alpha value is -0.610. The summed E-state index contributed by atoms with van der Waals surface area (Å²) in [6.07, 6.45) is 3.24. The third-order valence-corrected chi connectivity index (χ3v) is 3.72. The van der Waals surface area contributed by atoms with Gasteiger partial charge in [0.1, 0.15) is 0 Å². The topological polar surface area (TPSA) is 56.4 Å². The van der Waals surface area contributed by atoms with Crippen LogP contribution in [0.25, 0.3) is 0 Å². The summed E-state index contributed by atoms with van der Waals surface area (Å²) >= 11 is 0. The molecule has 1 unspecified atom stereocenters. The van der Waals surface area contributed by atoms with Gasteiger partial charge in [0.25, 0.3) is 0 Å². The Bertz CT molecular complexity index is 258. The summed E-state index contributed by atoms with van der Waals surface area (Å²) in [5, 5.41) is 7.46. The van der Waals surface area contributed by atoms with Crippen molar-refractivity contribution < 1.29 is 0 Å². The van der Waals surface area contributed by atoms with Crippen LogP contribution in [-0.4, -0.2) is 55.4 Å². The monoisotopic (exact) mass is 240 g/mol. The molecule has 0 amide bonds. The minimum absolute atomic E-state index is 0.322. The fourth-order valence-electron chi connectivity index (χ4n) is 2.63. The second-order valence-electron chi connectivity index (χ2n) is 5.88. The summed E-state index contributed by atoms with van der Waals surface area (Å²) < 4.78 is 0. The molecule has 0 heterocycles. The molecule has 3 N–H and O–H groups in total. The summed E-state index contributed by atoms with van der Waals surface area (Å²) in [6.45, 7) is 7.76. The van der Waals surface area contributed by atoms with E-state index in [1.807, 2.05) is 0 Å². The lowest BCUT2D eigenvalue weighted by Crippen LogP contribution is -2.43. The number of hydrogen-bond donors (Lipinski definition) is 2. The Labute approximate surface area is 106 Å². The second kappa shape index (κ2) is 5.83. The second-order valence-corrected chi connectivity index (χ2v) is 5.88. The number of amidine groups is 1. The van der Waals surface area contributed by atoms with Gasteiger partial charge in [0.15, 0.2) is 0 Å². The first kappa shape index (κ1) is 14.5. The van der Waals surface area contributed by atoms with Gasteiger partial charge < -0.3 is 10.6 Å². The molecule has 1 atom stereocenters. The Morgan fingerprint density at radius 2 is 2.00 bits per heavy atom. The van der Waals surface area contributed by atoms with Crippen molar-refractivity contribution in [3.05, 3.63) is 0 Å². The van der Waals surface area contributed by atoms with Gasteiger partial charge >= 0.3 is 0 Å². The Morgan fingerprint density at radius 1 is 1.41 bits per heavy atom. The average Bonchev–Trinajstić information content (AvgIpc) is 2.92. The van der Waals surface area contributed by atoms with E-state index in [9.17, 15) is 0 Å². The van der Waals surface area contributed by atoms with Crippen LogP contribution in [0.5, 0.6) is 0 Å². The van der Waals surface area contributed by atoms with E-state index in [1.54, 1.807) is 0 Å². The van der Waals surface area contributed by atoms with Gasteiger partial charge in [0.05, 0.1) is 5.84 Å². The highest BCUT2D eigenvalue weighted by Crippen LogP contribution is 2.49. The molecule has 1 aliphatic rings. The Kier molecular flexibility index (Phi) is 4.95. The molecule has 1 aliphatic carbocycles. The van der Waals surface area contributed by atoms with Gasteiger partial charge in [-0.25, -0.2) is 0 Å². The maximum absolute atomic E-state index is 7.46. The van der Waals surface area contributed by atoms with Crippen LogP contribution in [0.4, 0.5) is 0 Å². The van der Waals surface area contributed by atoms with E-state index in [0.717, 1.165) is 26.1 Å². The van der Waals surface area contributed by atoms with Crippen LogP contribution < -0.4 is 5.73 Å². The molecular weight excluding hydrogens is 212 g/mol. The lowest BCUT2D eigenvalue weighted by molar-refractivity contribution is 0.151. The molecule has 0 spiro atoms. The van der Waals surface area contributed by atoms with E-state index in [-0.39, 0.29) is 0 Å². The van der Waals surface area contributed by atoms with Gasteiger partial charge in [-0.1, -0.05) is 6.92 Å². The largest absolute Gasteiger partial charge is 0.388 e. The molecule has 1 fully saturated rings. The number of rotatable bonds is 8. The highest BCUT2D eigenvalue weighted by molar-refractivity contribution is 5.78. The molecule has 0 radical (unpaired) electrons. The predicted octanol–water partition coefficient (Wildman–Crippen LogP) is 1.36. The zero-order chi connectivity index (χ0) is 13.1.